The van der Waals surface area contributed by atoms with Crippen LogP contribution in [0.5, 0.6) is 0 Å². The van der Waals surface area contributed by atoms with Crippen molar-refractivity contribution in [3.63, 3.8) is 0 Å². The van der Waals surface area contributed by atoms with E-state index in [2.05, 4.69) is 4.98 Å². The third-order valence-corrected chi connectivity index (χ3v) is 3.01. The van der Waals surface area contributed by atoms with Gasteiger partial charge in [-0.3, -0.25) is 4.57 Å². The third-order valence-electron chi connectivity index (χ3n) is 3.01. The molecule has 0 unspecified atom stereocenters. The SMILES string of the molecule is COC(=O)c1cccc2ncn(-c3ccccc3)c12. The van der Waals surface area contributed by atoms with Crippen LogP contribution in [0.15, 0.2) is 54.9 Å². The lowest BCUT2D eigenvalue weighted by Gasteiger charge is -2.07. The molecular weight excluding hydrogens is 240 g/mol. The molecule has 1 aromatic heterocycles. The third kappa shape index (κ3) is 1.87. The molecular formula is C15H12N2O2. The fraction of sp³-hybridized carbons (Fsp3) is 0.0667. The van der Waals surface area contributed by atoms with E-state index in [-0.39, 0.29) is 5.97 Å². The second-order valence-electron chi connectivity index (χ2n) is 4.12. The van der Waals surface area contributed by atoms with Gasteiger partial charge in [0.25, 0.3) is 0 Å². The molecule has 0 saturated heterocycles. The van der Waals surface area contributed by atoms with Crippen LogP contribution in [0.4, 0.5) is 0 Å². The van der Waals surface area contributed by atoms with Gasteiger partial charge in [-0.15, -0.1) is 0 Å². The average Bonchev–Trinajstić information content (AvgIpc) is 2.91. The summed E-state index contributed by atoms with van der Waals surface area (Å²) >= 11 is 0. The van der Waals surface area contributed by atoms with Crippen molar-refractivity contribution in [1.82, 2.24) is 9.55 Å². The molecule has 0 aliphatic heterocycles. The van der Waals surface area contributed by atoms with Crippen LogP contribution >= 0.6 is 0 Å². The number of carbonyl (C=O) groups excluding carboxylic acids is 1. The minimum atomic E-state index is -0.358. The number of hydrogen-bond acceptors (Lipinski definition) is 3. The van der Waals surface area contributed by atoms with Gasteiger partial charge >= 0.3 is 5.97 Å². The summed E-state index contributed by atoms with van der Waals surface area (Å²) < 4.78 is 6.72. The van der Waals surface area contributed by atoms with Crippen LogP contribution in [0.3, 0.4) is 0 Å². The van der Waals surface area contributed by atoms with Gasteiger partial charge in [-0.25, -0.2) is 9.78 Å². The quantitative estimate of drug-likeness (QED) is 0.659. The van der Waals surface area contributed by atoms with E-state index in [9.17, 15) is 4.79 Å². The molecule has 0 amide bonds. The molecule has 0 aliphatic rings. The molecule has 0 fully saturated rings. The molecule has 0 atom stereocenters. The zero-order valence-corrected chi connectivity index (χ0v) is 10.4. The summed E-state index contributed by atoms with van der Waals surface area (Å²) in [5.41, 5.74) is 3.01. The molecule has 1 heterocycles. The maximum Gasteiger partial charge on any atom is 0.340 e. The molecule has 0 aliphatic carbocycles. The van der Waals surface area contributed by atoms with Crippen molar-refractivity contribution < 1.29 is 9.53 Å². The van der Waals surface area contributed by atoms with E-state index in [4.69, 9.17) is 4.74 Å². The number of aromatic nitrogens is 2. The Bertz CT molecular complexity index is 732. The predicted molar refractivity (Wildman–Crippen MR) is 72.4 cm³/mol. The van der Waals surface area contributed by atoms with Crippen molar-refractivity contribution in [3.8, 4) is 5.69 Å². The number of hydrogen-bond donors (Lipinski definition) is 0. The highest BCUT2D eigenvalue weighted by atomic mass is 16.5. The van der Waals surface area contributed by atoms with Gasteiger partial charge in [0.05, 0.1) is 23.7 Å². The zero-order valence-electron chi connectivity index (χ0n) is 10.4. The molecule has 0 radical (unpaired) electrons. The number of rotatable bonds is 2. The molecule has 0 bridgehead atoms. The number of methoxy groups -OCH3 is 1. The Morgan fingerprint density at radius 3 is 2.63 bits per heavy atom. The number of esters is 1. The number of nitrogens with zero attached hydrogens (tertiary/aromatic N) is 2. The first-order valence-electron chi connectivity index (χ1n) is 5.91. The summed E-state index contributed by atoms with van der Waals surface area (Å²) in [5.74, 6) is -0.358. The lowest BCUT2D eigenvalue weighted by Crippen LogP contribution is -2.04. The van der Waals surface area contributed by atoms with Gasteiger partial charge in [-0.1, -0.05) is 24.3 Å². The number of ether oxygens (including phenoxy) is 1. The average molecular weight is 252 g/mol. The minimum Gasteiger partial charge on any atom is -0.465 e. The maximum absolute atomic E-state index is 11.8. The molecule has 2 aromatic carbocycles. The second kappa shape index (κ2) is 4.57. The number of para-hydroxylation sites is 2. The largest absolute Gasteiger partial charge is 0.465 e. The van der Waals surface area contributed by atoms with Crippen molar-refractivity contribution in [3.05, 3.63) is 60.4 Å². The lowest BCUT2D eigenvalue weighted by atomic mass is 10.1. The van der Waals surface area contributed by atoms with Gasteiger partial charge in [0.1, 0.15) is 6.33 Å². The fourth-order valence-electron chi connectivity index (χ4n) is 2.13. The van der Waals surface area contributed by atoms with Gasteiger partial charge in [0, 0.05) is 5.69 Å². The van der Waals surface area contributed by atoms with E-state index >= 15 is 0 Å². The van der Waals surface area contributed by atoms with E-state index in [1.54, 1.807) is 18.5 Å². The highest BCUT2D eigenvalue weighted by Gasteiger charge is 2.15. The Balaban J connectivity index is 2.30. The monoisotopic (exact) mass is 252 g/mol. The van der Waals surface area contributed by atoms with E-state index in [0.717, 1.165) is 16.7 Å². The van der Waals surface area contributed by atoms with Crippen molar-refractivity contribution in [2.24, 2.45) is 0 Å². The zero-order chi connectivity index (χ0) is 13.2. The topological polar surface area (TPSA) is 44.1 Å². The van der Waals surface area contributed by atoms with Gasteiger partial charge in [-0.2, -0.15) is 0 Å². The molecule has 4 heteroatoms. The van der Waals surface area contributed by atoms with Gasteiger partial charge in [0.2, 0.25) is 0 Å². The molecule has 3 rings (SSSR count). The standard InChI is InChI=1S/C15H12N2O2/c1-19-15(18)12-8-5-9-13-14(12)17(10-16-13)11-6-3-2-4-7-11/h2-10H,1H3. The Morgan fingerprint density at radius 1 is 1.11 bits per heavy atom. The Labute approximate surface area is 110 Å². The first-order valence-corrected chi connectivity index (χ1v) is 5.91. The predicted octanol–water partition coefficient (Wildman–Crippen LogP) is 2.81. The normalized spacial score (nSPS) is 10.6. The number of carbonyl (C=O) groups is 1. The summed E-state index contributed by atoms with van der Waals surface area (Å²) in [6, 6.07) is 15.2. The van der Waals surface area contributed by atoms with Crippen LogP contribution in [0.1, 0.15) is 10.4 Å². The molecule has 94 valence electrons. The minimum absolute atomic E-state index is 0.358. The lowest BCUT2D eigenvalue weighted by molar-refractivity contribution is 0.0602. The summed E-state index contributed by atoms with van der Waals surface area (Å²) in [6.07, 6.45) is 1.71. The Morgan fingerprint density at radius 2 is 1.89 bits per heavy atom. The van der Waals surface area contributed by atoms with Gasteiger partial charge < -0.3 is 4.74 Å². The molecule has 4 nitrogen and oxygen atoms in total. The van der Waals surface area contributed by atoms with Crippen LogP contribution in [0.25, 0.3) is 16.7 Å². The van der Waals surface area contributed by atoms with Gasteiger partial charge in [-0.05, 0) is 24.3 Å². The molecule has 3 aromatic rings. The van der Waals surface area contributed by atoms with Crippen LogP contribution in [0, 0.1) is 0 Å². The summed E-state index contributed by atoms with van der Waals surface area (Å²) in [6.45, 7) is 0. The molecule has 0 saturated carbocycles. The van der Waals surface area contributed by atoms with E-state index < -0.39 is 0 Å². The van der Waals surface area contributed by atoms with E-state index in [0.29, 0.717) is 5.56 Å². The molecule has 19 heavy (non-hydrogen) atoms. The summed E-state index contributed by atoms with van der Waals surface area (Å²) in [7, 11) is 1.38. The van der Waals surface area contributed by atoms with Crippen molar-refractivity contribution >= 4 is 17.0 Å². The molecule has 0 N–H and O–H groups in total. The van der Waals surface area contributed by atoms with Gasteiger partial charge in [0.15, 0.2) is 0 Å². The maximum atomic E-state index is 11.8. The molecule has 0 spiro atoms. The fourth-order valence-corrected chi connectivity index (χ4v) is 2.13. The smallest absolute Gasteiger partial charge is 0.340 e. The summed E-state index contributed by atoms with van der Waals surface area (Å²) in [4.78, 5) is 16.2. The highest BCUT2D eigenvalue weighted by Crippen LogP contribution is 2.22. The first kappa shape index (κ1) is 11.5. The Kier molecular flexibility index (Phi) is 2.76. The van der Waals surface area contributed by atoms with E-state index in [1.807, 2.05) is 41.0 Å². The Hall–Kier alpha value is -2.62. The number of benzene rings is 2. The summed E-state index contributed by atoms with van der Waals surface area (Å²) in [5, 5.41) is 0. The van der Waals surface area contributed by atoms with Crippen molar-refractivity contribution in [2.45, 2.75) is 0 Å². The number of imidazole rings is 1. The highest BCUT2D eigenvalue weighted by molar-refractivity contribution is 6.02. The van der Waals surface area contributed by atoms with Crippen LogP contribution in [-0.2, 0) is 4.74 Å². The van der Waals surface area contributed by atoms with Crippen LogP contribution in [-0.4, -0.2) is 22.6 Å². The number of fused-ring (bicyclic) bond motifs is 1. The van der Waals surface area contributed by atoms with Crippen LogP contribution in [0.2, 0.25) is 0 Å². The first-order chi connectivity index (χ1) is 9.31. The second-order valence-corrected chi connectivity index (χ2v) is 4.12. The van der Waals surface area contributed by atoms with Crippen LogP contribution < -0.4 is 0 Å². The van der Waals surface area contributed by atoms with Crippen molar-refractivity contribution in [1.29, 1.82) is 0 Å². The van der Waals surface area contributed by atoms with E-state index in [1.165, 1.54) is 7.11 Å². The van der Waals surface area contributed by atoms with Crippen molar-refractivity contribution in [2.75, 3.05) is 7.11 Å².